The van der Waals surface area contributed by atoms with Crippen LogP contribution in [0, 0.1) is 14.1 Å². The summed E-state index contributed by atoms with van der Waals surface area (Å²) in [4.78, 5) is 2.67. The van der Waals surface area contributed by atoms with Crippen molar-refractivity contribution in [1.29, 1.82) is 0 Å². The maximum absolute atomic E-state index is 4.46. The van der Waals surface area contributed by atoms with E-state index >= 15 is 0 Å². The molecule has 3 rings (SSSR count). The molecule has 2 nitrogen and oxygen atoms in total. The minimum Gasteiger partial charge on any atom is -0.367 e. The average Bonchev–Trinajstić information content (AvgIpc) is 3.02. The minimum atomic E-state index is -0.135. The number of nitrogens with zero attached hydrogens (tertiary/aromatic N) is 2. The van der Waals surface area contributed by atoms with Crippen LogP contribution in [0.3, 0.4) is 0 Å². The zero-order valence-corrected chi connectivity index (χ0v) is 30.2. The molecule has 1 aliphatic rings. The van der Waals surface area contributed by atoms with Gasteiger partial charge >= 0.3 is 0 Å². The molecular formula is C33H44BrI2N2+. The molecule has 5 heteroatoms. The summed E-state index contributed by atoms with van der Waals surface area (Å²) in [6, 6.07) is 14.1. The Morgan fingerprint density at radius 3 is 2.37 bits per heavy atom. The zero-order valence-electron chi connectivity index (χ0n) is 24.3. The second kappa shape index (κ2) is 12.5. The highest BCUT2D eigenvalue weighted by Gasteiger charge is 2.43. The fourth-order valence-electron chi connectivity index (χ4n) is 5.55. The Morgan fingerprint density at radius 2 is 1.71 bits per heavy atom. The molecule has 0 radical (unpaired) electrons. The SMILES string of the molecule is C=C(/C=C/C(Br)=C/CC1N(CCC[N+](C)(C)C)c2ccc(I)cc2C1(C)C)C(C)(C)c1cc(I)ccc1C. The third-order valence-electron chi connectivity index (χ3n) is 8.06. The van der Waals surface area contributed by atoms with E-state index in [1.807, 2.05) is 0 Å². The summed E-state index contributed by atoms with van der Waals surface area (Å²) in [6.45, 7) is 18.3. The first-order chi connectivity index (χ1) is 17.5. The minimum absolute atomic E-state index is 0.0775. The van der Waals surface area contributed by atoms with Crippen molar-refractivity contribution < 1.29 is 4.48 Å². The zero-order chi connectivity index (χ0) is 28.5. The summed E-state index contributed by atoms with van der Waals surface area (Å²) in [5.41, 5.74) is 6.58. The van der Waals surface area contributed by atoms with Gasteiger partial charge in [-0.15, -0.1) is 0 Å². The molecule has 38 heavy (non-hydrogen) atoms. The second-order valence-corrected chi connectivity index (χ2v) is 16.1. The first-order valence-corrected chi connectivity index (χ1v) is 16.4. The Balaban J connectivity index is 1.80. The van der Waals surface area contributed by atoms with Gasteiger partial charge in [0.2, 0.25) is 0 Å². The maximum Gasteiger partial charge on any atom is 0.0797 e. The summed E-state index contributed by atoms with van der Waals surface area (Å²) >= 11 is 8.70. The van der Waals surface area contributed by atoms with Crippen LogP contribution >= 0.6 is 61.1 Å². The molecule has 0 saturated carbocycles. The van der Waals surface area contributed by atoms with Crippen molar-refractivity contribution in [3.63, 3.8) is 0 Å². The van der Waals surface area contributed by atoms with Gasteiger partial charge in [-0.1, -0.05) is 68.4 Å². The lowest BCUT2D eigenvalue weighted by Crippen LogP contribution is -2.43. The Bertz CT molecular complexity index is 1230. The van der Waals surface area contributed by atoms with E-state index in [9.17, 15) is 0 Å². The Morgan fingerprint density at radius 1 is 1.08 bits per heavy atom. The first kappa shape index (κ1) is 31.9. The van der Waals surface area contributed by atoms with E-state index < -0.39 is 0 Å². The standard InChI is InChI=1S/C33H44BrI2N2/c1-23-11-15-26(35)21-28(23)32(3,4)24(2)12-13-25(34)14-18-31-33(5,6)29-22-27(36)16-17-30(29)37(31)19-10-20-38(7,8)9/h11-17,21-22,31H,2,10,18-20H2,1,3-9H3/q+1/b13-12+,25-14-. The summed E-state index contributed by atoms with van der Waals surface area (Å²) in [5, 5.41) is 0. The summed E-state index contributed by atoms with van der Waals surface area (Å²) in [7, 11) is 6.84. The smallest absolute Gasteiger partial charge is 0.0797 e. The number of hydrogen-bond acceptors (Lipinski definition) is 1. The van der Waals surface area contributed by atoms with Crippen molar-refractivity contribution in [3.8, 4) is 0 Å². The van der Waals surface area contributed by atoms with Gasteiger partial charge in [0, 0.05) is 47.1 Å². The molecular weight excluding hydrogens is 758 g/mol. The van der Waals surface area contributed by atoms with Crippen molar-refractivity contribution in [3.05, 3.63) is 95.1 Å². The Kier molecular flexibility index (Phi) is 10.5. The number of anilines is 1. The lowest BCUT2D eigenvalue weighted by molar-refractivity contribution is -0.870. The van der Waals surface area contributed by atoms with Crippen LogP contribution in [0.25, 0.3) is 0 Å². The fourth-order valence-corrected chi connectivity index (χ4v) is 6.85. The van der Waals surface area contributed by atoms with Gasteiger partial charge < -0.3 is 9.38 Å². The number of rotatable bonds is 10. The van der Waals surface area contributed by atoms with E-state index in [-0.39, 0.29) is 10.8 Å². The van der Waals surface area contributed by atoms with Crippen LogP contribution in [0.5, 0.6) is 0 Å². The van der Waals surface area contributed by atoms with Gasteiger partial charge in [-0.2, -0.15) is 0 Å². The molecule has 2 aromatic carbocycles. The number of benzene rings is 2. The highest BCUT2D eigenvalue weighted by Crippen LogP contribution is 2.47. The van der Waals surface area contributed by atoms with Crippen LogP contribution in [-0.4, -0.2) is 44.8 Å². The van der Waals surface area contributed by atoms with E-state index in [4.69, 9.17) is 0 Å². The van der Waals surface area contributed by atoms with Gasteiger partial charge in [-0.25, -0.2) is 0 Å². The van der Waals surface area contributed by atoms with Gasteiger partial charge in [0.05, 0.1) is 27.7 Å². The number of fused-ring (bicyclic) bond motifs is 1. The van der Waals surface area contributed by atoms with Crippen LogP contribution in [0.15, 0.2) is 71.3 Å². The number of allylic oxidation sites excluding steroid dienone is 4. The number of halogens is 3. The van der Waals surface area contributed by atoms with Crippen molar-refractivity contribution in [2.24, 2.45) is 0 Å². The number of quaternary nitrogens is 1. The summed E-state index contributed by atoms with van der Waals surface area (Å²) in [5.74, 6) is 0. The third kappa shape index (κ3) is 7.55. The molecule has 2 aromatic rings. The lowest BCUT2D eigenvalue weighted by Gasteiger charge is -2.35. The molecule has 1 atom stereocenters. The molecule has 0 saturated heterocycles. The lowest BCUT2D eigenvalue weighted by atomic mass is 9.76. The molecule has 0 spiro atoms. The van der Waals surface area contributed by atoms with E-state index in [0.29, 0.717) is 6.04 Å². The van der Waals surface area contributed by atoms with Crippen LogP contribution in [-0.2, 0) is 10.8 Å². The number of hydrogen-bond donors (Lipinski definition) is 0. The van der Waals surface area contributed by atoms with Crippen LogP contribution < -0.4 is 4.90 Å². The van der Waals surface area contributed by atoms with Gasteiger partial charge in [0.1, 0.15) is 0 Å². The van der Waals surface area contributed by atoms with E-state index in [1.54, 1.807) is 0 Å². The molecule has 1 unspecified atom stereocenters. The van der Waals surface area contributed by atoms with E-state index in [1.165, 1.54) is 42.5 Å². The van der Waals surface area contributed by atoms with Crippen molar-refractivity contribution in [1.82, 2.24) is 0 Å². The normalized spacial score (nSPS) is 17.8. The summed E-state index contributed by atoms with van der Waals surface area (Å²) < 4.78 is 4.68. The summed E-state index contributed by atoms with van der Waals surface area (Å²) in [6.07, 6.45) is 8.87. The predicted molar refractivity (Wildman–Crippen MR) is 188 cm³/mol. The van der Waals surface area contributed by atoms with E-state index in [0.717, 1.165) is 27.5 Å². The molecule has 0 fully saturated rings. The van der Waals surface area contributed by atoms with Crippen molar-refractivity contribution in [2.45, 2.75) is 64.3 Å². The average molecular weight is 802 g/mol. The second-order valence-electron chi connectivity index (χ2n) is 12.7. The maximum atomic E-state index is 4.46. The Labute approximate surface area is 267 Å². The predicted octanol–water partition coefficient (Wildman–Crippen LogP) is 9.53. The quantitative estimate of drug-likeness (QED) is 0.132. The third-order valence-corrected chi connectivity index (χ3v) is 9.99. The van der Waals surface area contributed by atoms with Crippen LogP contribution in [0.1, 0.15) is 57.2 Å². The monoisotopic (exact) mass is 801 g/mol. The molecule has 0 amide bonds. The van der Waals surface area contributed by atoms with Gasteiger partial charge in [0.15, 0.2) is 0 Å². The molecule has 206 valence electrons. The molecule has 0 bridgehead atoms. The fraction of sp³-hybridized carbons (Fsp3) is 0.455. The van der Waals surface area contributed by atoms with Gasteiger partial charge in [-0.05, 0) is 117 Å². The molecule has 1 heterocycles. The highest BCUT2D eigenvalue weighted by atomic mass is 127. The van der Waals surface area contributed by atoms with Gasteiger partial charge in [0.25, 0.3) is 0 Å². The highest BCUT2D eigenvalue weighted by molar-refractivity contribution is 14.1. The molecule has 0 N–H and O–H groups in total. The largest absolute Gasteiger partial charge is 0.367 e. The first-order valence-electron chi connectivity index (χ1n) is 13.4. The van der Waals surface area contributed by atoms with Crippen LogP contribution in [0.4, 0.5) is 5.69 Å². The topological polar surface area (TPSA) is 3.24 Å². The van der Waals surface area contributed by atoms with Crippen molar-refractivity contribution in [2.75, 3.05) is 39.1 Å². The van der Waals surface area contributed by atoms with Crippen LogP contribution in [0.2, 0.25) is 0 Å². The number of aryl methyl sites for hydroxylation is 1. The van der Waals surface area contributed by atoms with Crippen molar-refractivity contribution >= 4 is 66.8 Å². The molecule has 1 aliphatic heterocycles. The Hall–Kier alpha value is -0.640. The molecule has 0 aliphatic carbocycles. The van der Waals surface area contributed by atoms with E-state index in [2.05, 4.69) is 183 Å². The van der Waals surface area contributed by atoms with Gasteiger partial charge in [-0.3, -0.25) is 0 Å². The molecule has 0 aromatic heterocycles.